The van der Waals surface area contributed by atoms with Gasteiger partial charge >= 0.3 is 11.9 Å². The van der Waals surface area contributed by atoms with Gasteiger partial charge in [0.1, 0.15) is 17.8 Å². The molecule has 9 atom stereocenters. The molecule has 198 valence electrons. The van der Waals surface area contributed by atoms with Crippen LogP contribution >= 0.6 is 0 Å². The second-order valence-corrected chi connectivity index (χ2v) is 12.9. The van der Waals surface area contributed by atoms with Crippen molar-refractivity contribution in [3.8, 4) is 0 Å². The van der Waals surface area contributed by atoms with Crippen LogP contribution in [0, 0.1) is 33.5 Å². The molecule has 2 saturated heterocycles. The topological polar surface area (TPSA) is 128 Å². The van der Waals surface area contributed by atoms with Gasteiger partial charge in [-0.3, -0.25) is 24.5 Å². The second kappa shape index (κ2) is 6.98. The molecule has 3 aliphatic carbocycles. The summed E-state index contributed by atoms with van der Waals surface area (Å²) >= 11 is 0. The summed E-state index contributed by atoms with van der Waals surface area (Å²) in [5.74, 6) is -2.28. The van der Waals surface area contributed by atoms with Gasteiger partial charge in [0.25, 0.3) is 11.8 Å². The standard InChI is InChI=1S/C28H33NO8/c1-13(30)35-18-12-16-24(2,3)17(31)8-9-25(16,4)15-7-10-26(5)20(14-11-19(32)29-22(14)33)36-23(34)21-28(26,37-21)27(15,18)6/h8-9,11,15-16,18,20-21H,7,10,12H2,1-6H3,(H,29,32,33)/t15-,16+,18-,20+,21-,25-,26+,27+,28-/m1/s1. The van der Waals surface area contributed by atoms with Gasteiger partial charge in [-0.15, -0.1) is 0 Å². The molecule has 0 radical (unpaired) electrons. The molecular formula is C28H33NO8. The second-order valence-electron chi connectivity index (χ2n) is 12.9. The Bertz CT molecular complexity index is 1250. The van der Waals surface area contributed by atoms with E-state index in [0.717, 1.165) is 0 Å². The van der Waals surface area contributed by atoms with Crippen molar-refractivity contribution in [2.24, 2.45) is 33.5 Å². The van der Waals surface area contributed by atoms with Gasteiger partial charge in [-0.2, -0.15) is 0 Å². The average molecular weight is 512 g/mol. The summed E-state index contributed by atoms with van der Waals surface area (Å²) in [4.78, 5) is 63.4. The van der Waals surface area contributed by atoms with Crippen molar-refractivity contribution in [1.29, 1.82) is 0 Å². The van der Waals surface area contributed by atoms with Gasteiger partial charge in [0.2, 0.25) is 0 Å². The van der Waals surface area contributed by atoms with Gasteiger partial charge in [0, 0.05) is 29.2 Å². The van der Waals surface area contributed by atoms with Crippen molar-refractivity contribution in [3.63, 3.8) is 0 Å². The molecule has 6 rings (SSSR count). The van der Waals surface area contributed by atoms with Gasteiger partial charge in [-0.1, -0.05) is 40.7 Å². The Kier molecular flexibility index (Phi) is 4.63. The van der Waals surface area contributed by atoms with Gasteiger partial charge < -0.3 is 14.2 Å². The summed E-state index contributed by atoms with van der Waals surface area (Å²) in [5.41, 5.74) is -3.73. The van der Waals surface area contributed by atoms with Crippen LogP contribution in [0.3, 0.4) is 0 Å². The van der Waals surface area contributed by atoms with Crippen LogP contribution in [-0.2, 0) is 38.2 Å². The number of allylic oxidation sites excluding steroid dienone is 2. The van der Waals surface area contributed by atoms with Crippen LogP contribution in [0.1, 0.15) is 60.8 Å². The van der Waals surface area contributed by atoms with Crippen molar-refractivity contribution in [2.45, 2.75) is 84.7 Å². The highest BCUT2D eigenvalue weighted by Crippen LogP contribution is 2.78. The van der Waals surface area contributed by atoms with E-state index < -0.39 is 69.3 Å². The first-order chi connectivity index (χ1) is 17.1. The fourth-order valence-electron chi connectivity index (χ4n) is 9.37. The third-order valence-electron chi connectivity index (χ3n) is 11.1. The molecule has 37 heavy (non-hydrogen) atoms. The molecule has 1 spiro atoms. The van der Waals surface area contributed by atoms with Gasteiger partial charge in [0.15, 0.2) is 11.9 Å². The number of fused-ring (bicyclic) bond motifs is 3. The van der Waals surface area contributed by atoms with Crippen molar-refractivity contribution < 1.29 is 38.2 Å². The zero-order chi connectivity index (χ0) is 26.9. The number of nitrogens with one attached hydrogen (secondary N) is 1. The molecule has 0 aromatic rings. The number of ketones is 1. The normalized spacial score (nSPS) is 49.0. The van der Waals surface area contributed by atoms with E-state index in [4.69, 9.17) is 14.2 Å². The van der Waals surface area contributed by atoms with E-state index in [2.05, 4.69) is 12.2 Å². The first-order valence-electron chi connectivity index (χ1n) is 13.0. The highest BCUT2D eigenvalue weighted by Gasteiger charge is 2.88. The molecule has 4 fully saturated rings. The quantitative estimate of drug-likeness (QED) is 0.339. The highest BCUT2D eigenvalue weighted by atomic mass is 16.7. The first-order valence-corrected chi connectivity index (χ1v) is 13.0. The molecule has 2 amide bonds. The molecule has 9 nitrogen and oxygen atoms in total. The largest absolute Gasteiger partial charge is 0.462 e. The molecule has 1 N–H and O–H groups in total. The summed E-state index contributed by atoms with van der Waals surface area (Å²) in [6, 6.07) is 0. The smallest absolute Gasteiger partial charge is 0.339 e. The summed E-state index contributed by atoms with van der Waals surface area (Å²) in [5, 5.41) is 2.26. The van der Waals surface area contributed by atoms with Crippen molar-refractivity contribution >= 4 is 29.5 Å². The summed E-state index contributed by atoms with van der Waals surface area (Å²) in [6.45, 7) is 11.4. The van der Waals surface area contributed by atoms with Crippen LogP contribution in [0.4, 0.5) is 0 Å². The number of hydrogen-bond donors (Lipinski definition) is 1. The number of carbonyl (C=O) groups is 5. The predicted octanol–water partition coefficient (Wildman–Crippen LogP) is 2.18. The Hall–Kier alpha value is -2.81. The van der Waals surface area contributed by atoms with E-state index in [-0.39, 0.29) is 23.2 Å². The molecule has 0 bridgehead atoms. The lowest BCUT2D eigenvalue weighted by atomic mass is 9.35. The number of amides is 2. The lowest BCUT2D eigenvalue weighted by molar-refractivity contribution is -0.247. The van der Waals surface area contributed by atoms with Gasteiger partial charge in [-0.25, -0.2) is 4.79 Å². The molecule has 0 aromatic carbocycles. The number of esters is 2. The Morgan fingerprint density at radius 1 is 1.05 bits per heavy atom. The first kappa shape index (κ1) is 24.5. The lowest BCUT2D eigenvalue weighted by Crippen LogP contribution is -2.74. The molecule has 3 heterocycles. The monoisotopic (exact) mass is 511 g/mol. The molecule has 0 aromatic heterocycles. The van der Waals surface area contributed by atoms with E-state index in [0.29, 0.717) is 19.3 Å². The summed E-state index contributed by atoms with van der Waals surface area (Å²) < 4.78 is 18.3. The third-order valence-corrected chi connectivity index (χ3v) is 11.1. The molecule has 6 aliphatic rings. The number of ether oxygens (including phenoxy) is 3. The number of carbonyl (C=O) groups excluding carboxylic acids is 5. The molecule has 9 heteroatoms. The number of hydrogen-bond acceptors (Lipinski definition) is 8. The van der Waals surface area contributed by atoms with E-state index in [1.165, 1.54) is 13.0 Å². The maximum Gasteiger partial charge on any atom is 0.339 e. The van der Waals surface area contributed by atoms with Crippen LogP contribution in [0.2, 0.25) is 0 Å². The Morgan fingerprint density at radius 3 is 2.38 bits per heavy atom. The third kappa shape index (κ3) is 2.66. The van der Waals surface area contributed by atoms with Crippen LogP contribution in [-0.4, -0.2) is 53.4 Å². The fraction of sp³-hybridized carbons (Fsp3) is 0.679. The van der Waals surface area contributed by atoms with Crippen LogP contribution < -0.4 is 5.32 Å². The maximum absolute atomic E-state index is 13.3. The van der Waals surface area contributed by atoms with E-state index in [9.17, 15) is 24.0 Å². The van der Waals surface area contributed by atoms with Crippen LogP contribution in [0.25, 0.3) is 0 Å². The Balaban J connectivity index is 1.54. The van der Waals surface area contributed by atoms with E-state index in [1.54, 1.807) is 6.08 Å². The summed E-state index contributed by atoms with van der Waals surface area (Å²) in [7, 11) is 0. The average Bonchev–Trinajstić information content (AvgIpc) is 3.49. The Morgan fingerprint density at radius 2 is 1.76 bits per heavy atom. The van der Waals surface area contributed by atoms with Gasteiger partial charge in [-0.05, 0) is 42.6 Å². The number of rotatable bonds is 2. The highest BCUT2D eigenvalue weighted by molar-refractivity contribution is 6.17. The van der Waals surface area contributed by atoms with Crippen molar-refractivity contribution in [1.82, 2.24) is 5.32 Å². The van der Waals surface area contributed by atoms with Crippen LogP contribution in [0.15, 0.2) is 23.8 Å². The molecule has 3 aliphatic heterocycles. The minimum Gasteiger partial charge on any atom is -0.462 e. The minimum absolute atomic E-state index is 0.0460. The number of cyclic esters (lactones) is 1. The lowest BCUT2D eigenvalue weighted by Gasteiger charge is -2.68. The van der Waals surface area contributed by atoms with E-state index in [1.807, 2.05) is 33.8 Å². The molecule has 2 saturated carbocycles. The SMILES string of the molecule is CC(=O)O[C@@H]1C[C@H]2C(C)(C)C(=O)C=C[C@]2(C)[C@H]2CC[C@@]3(C)[C@H](C4=CC(=O)NC4=O)OC(=O)[C@H]4O[C@]43[C@@]21C. The fourth-order valence-corrected chi connectivity index (χ4v) is 9.37. The van der Waals surface area contributed by atoms with Gasteiger partial charge in [0.05, 0.1) is 5.57 Å². The van der Waals surface area contributed by atoms with Crippen molar-refractivity contribution in [3.05, 3.63) is 23.8 Å². The van der Waals surface area contributed by atoms with E-state index >= 15 is 0 Å². The molecular weight excluding hydrogens is 478 g/mol. The number of epoxide rings is 1. The summed E-state index contributed by atoms with van der Waals surface area (Å²) in [6.07, 6.45) is 4.07. The predicted molar refractivity (Wildman–Crippen MR) is 127 cm³/mol. The zero-order valence-electron chi connectivity index (χ0n) is 22.0. The zero-order valence-corrected chi connectivity index (χ0v) is 22.0. The Labute approximate surface area is 215 Å². The molecule has 0 unspecified atom stereocenters. The van der Waals surface area contributed by atoms with Crippen LogP contribution in [0.5, 0.6) is 0 Å². The van der Waals surface area contributed by atoms with Crippen molar-refractivity contribution in [2.75, 3.05) is 0 Å². The minimum atomic E-state index is -1.08. The number of imide groups is 1. The maximum atomic E-state index is 13.3.